The molecule has 40 heavy (non-hydrogen) atoms. The third kappa shape index (κ3) is 5.52. The molecule has 1 amide bonds. The van der Waals surface area contributed by atoms with Crippen LogP contribution in [0, 0.1) is 0 Å². The SMILES string of the molecule is O=CC1(N2CCC(F)(F)C2)CCN(C(=O)c2cc(-c3ccc(Cl)cc3Cl)n(-c3ccc(Cl)cc3)c2CCO)CC1. The van der Waals surface area contributed by atoms with Gasteiger partial charge in [0, 0.05) is 66.1 Å². The maximum absolute atomic E-state index is 14.0. The first kappa shape index (κ1) is 29.0. The number of aliphatic hydroxyl groups is 1. The molecule has 2 aromatic carbocycles. The number of carbonyl (C=O) groups is 2. The second-order valence-electron chi connectivity index (χ2n) is 10.3. The van der Waals surface area contributed by atoms with Crippen molar-refractivity contribution in [3.8, 4) is 16.9 Å². The smallest absolute Gasteiger partial charge is 0.261 e. The highest BCUT2D eigenvalue weighted by Crippen LogP contribution is 2.39. The number of piperidine rings is 1. The van der Waals surface area contributed by atoms with Crippen molar-refractivity contribution < 1.29 is 23.5 Å². The van der Waals surface area contributed by atoms with Gasteiger partial charge in [-0.15, -0.1) is 0 Å². The average Bonchev–Trinajstić information content (AvgIpc) is 3.49. The van der Waals surface area contributed by atoms with Crippen molar-refractivity contribution >= 4 is 47.0 Å². The maximum atomic E-state index is 14.0. The van der Waals surface area contributed by atoms with Gasteiger partial charge in [0.15, 0.2) is 0 Å². The van der Waals surface area contributed by atoms with Gasteiger partial charge in [0.05, 0.1) is 28.4 Å². The summed E-state index contributed by atoms with van der Waals surface area (Å²) < 4.78 is 29.7. The highest BCUT2D eigenvalue weighted by atomic mass is 35.5. The van der Waals surface area contributed by atoms with Gasteiger partial charge in [-0.2, -0.15) is 0 Å². The molecule has 1 aromatic heterocycles. The number of rotatable bonds is 7. The van der Waals surface area contributed by atoms with Crippen LogP contribution in [0.1, 0.15) is 35.3 Å². The number of carbonyl (C=O) groups excluding carboxylic acids is 2. The first-order valence-corrected chi connectivity index (χ1v) is 14.2. The molecule has 2 saturated heterocycles. The Balaban J connectivity index is 1.52. The summed E-state index contributed by atoms with van der Waals surface area (Å²) in [7, 11) is 0. The first-order valence-electron chi connectivity index (χ1n) is 13.0. The lowest BCUT2D eigenvalue weighted by Gasteiger charge is -2.43. The number of aldehydes is 1. The molecule has 0 atom stereocenters. The molecule has 2 aliphatic heterocycles. The third-order valence-corrected chi connectivity index (χ3v) is 8.71. The van der Waals surface area contributed by atoms with Crippen LogP contribution in [0.25, 0.3) is 16.9 Å². The molecule has 5 rings (SSSR count). The fourth-order valence-corrected chi connectivity index (χ4v) is 6.39. The van der Waals surface area contributed by atoms with E-state index in [-0.39, 0.29) is 57.8 Å². The highest BCUT2D eigenvalue weighted by molar-refractivity contribution is 6.36. The fraction of sp³-hybridized carbons (Fsp3) is 0.379. The largest absolute Gasteiger partial charge is 0.396 e. The van der Waals surface area contributed by atoms with Crippen molar-refractivity contribution in [2.75, 3.05) is 32.8 Å². The normalized spacial score (nSPS) is 18.7. The number of likely N-dealkylation sites (tertiary alicyclic amines) is 2. The Kier molecular flexibility index (Phi) is 8.28. The molecule has 0 bridgehead atoms. The van der Waals surface area contributed by atoms with Crippen LogP contribution in [0.5, 0.6) is 0 Å². The summed E-state index contributed by atoms with van der Waals surface area (Å²) >= 11 is 18.9. The number of aliphatic hydroxyl groups excluding tert-OH is 1. The summed E-state index contributed by atoms with van der Waals surface area (Å²) in [6, 6.07) is 14.0. The summed E-state index contributed by atoms with van der Waals surface area (Å²) in [5, 5.41) is 11.4. The van der Waals surface area contributed by atoms with E-state index in [9.17, 15) is 23.5 Å². The zero-order valence-corrected chi connectivity index (χ0v) is 23.8. The highest BCUT2D eigenvalue weighted by Gasteiger charge is 2.49. The molecule has 2 aliphatic rings. The Hall–Kier alpha value is -2.49. The lowest BCUT2D eigenvalue weighted by Crippen LogP contribution is -2.57. The van der Waals surface area contributed by atoms with Crippen LogP contribution in [0.4, 0.5) is 8.78 Å². The van der Waals surface area contributed by atoms with Crippen LogP contribution in [-0.2, 0) is 11.2 Å². The average molecular weight is 611 g/mol. The molecule has 0 unspecified atom stereocenters. The zero-order chi connectivity index (χ0) is 28.7. The summed E-state index contributed by atoms with van der Waals surface area (Å²) in [6.45, 7) is -0.0309. The van der Waals surface area contributed by atoms with Gasteiger partial charge in [0.25, 0.3) is 11.8 Å². The van der Waals surface area contributed by atoms with Gasteiger partial charge >= 0.3 is 0 Å². The van der Waals surface area contributed by atoms with Gasteiger partial charge in [0.2, 0.25) is 0 Å². The molecule has 212 valence electrons. The molecule has 3 aromatic rings. The topological polar surface area (TPSA) is 65.8 Å². The second-order valence-corrected chi connectivity index (χ2v) is 11.6. The van der Waals surface area contributed by atoms with Gasteiger partial charge in [0.1, 0.15) is 6.29 Å². The predicted molar refractivity (Wildman–Crippen MR) is 152 cm³/mol. The van der Waals surface area contributed by atoms with E-state index in [4.69, 9.17) is 34.8 Å². The quantitative estimate of drug-likeness (QED) is 0.326. The van der Waals surface area contributed by atoms with E-state index in [1.165, 1.54) is 0 Å². The zero-order valence-electron chi connectivity index (χ0n) is 21.6. The lowest BCUT2D eigenvalue weighted by molar-refractivity contribution is -0.122. The van der Waals surface area contributed by atoms with Gasteiger partial charge < -0.3 is 19.4 Å². The molecule has 6 nitrogen and oxygen atoms in total. The second kappa shape index (κ2) is 11.4. The first-order chi connectivity index (χ1) is 19.1. The Morgan fingerprint density at radius 2 is 1.62 bits per heavy atom. The number of benzene rings is 2. The molecular formula is C29H28Cl3F2N3O3. The van der Waals surface area contributed by atoms with E-state index < -0.39 is 18.0 Å². The number of alkyl halides is 2. The van der Waals surface area contributed by atoms with Crippen molar-refractivity contribution in [1.29, 1.82) is 0 Å². The Morgan fingerprint density at radius 3 is 2.20 bits per heavy atom. The van der Waals surface area contributed by atoms with Crippen LogP contribution < -0.4 is 0 Å². The minimum atomic E-state index is -2.81. The summed E-state index contributed by atoms with van der Waals surface area (Å²) in [6.07, 6.45) is 1.21. The van der Waals surface area contributed by atoms with Crippen LogP contribution in [0.2, 0.25) is 15.1 Å². The van der Waals surface area contributed by atoms with Crippen molar-refractivity contribution in [1.82, 2.24) is 14.4 Å². The Bertz CT molecular complexity index is 1420. The fourth-order valence-electron chi connectivity index (χ4n) is 5.76. The number of hydrogen-bond donors (Lipinski definition) is 1. The number of halogens is 5. The molecule has 2 fully saturated rings. The van der Waals surface area contributed by atoms with E-state index in [0.717, 1.165) is 12.0 Å². The van der Waals surface area contributed by atoms with Gasteiger partial charge in [-0.25, -0.2) is 8.78 Å². The van der Waals surface area contributed by atoms with Gasteiger partial charge in [-0.1, -0.05) is 34.8 Å². The number of amides is 1. The van der Waals surface area contributed by atoms with Crippen LogP contribution in [-0.4, -0.2) is 75.9 Å². The van der Waals surface area contributed by atoms with Crippen molar-refractivity contribution in [2.24, 2.45) is 0 Å². The van der Waals surface area contributed by atoms with Crippen molar-refractivity contribution in [3.05, 3.63) is 74.9 Å². The maximum Gasteiger partial charge on any atom is 0.261 e. The Morgan fingerprint density at radius 1 is 0.950 bits per heavy atom. The van der Waals surface area contributed by atoms with Gasteiger partial charge in [-0.05, 0) is 61.4 Å². The van der Waals surface area contributed by atoms with Crippen molar-refractivity contribution in [2.45, 2.75) is 37.1 Å². The van der Waals surface area contributed by atoms with E-state index in [1.807, 2.05) is 16.7 Å². The molecule has 0 saturated carbocycles. The molecule has 11 heteroatoms. The molecule has 0 spiro atoms. The van der Waals surface area contributed by atoms with E-state index >= 15 is 0 Å². The van der Waals surface area contributed by atoms with Crippen LogP contribution >= 0.6 is 34.8 Å². The number of aromatic nitrogens is 1. The van der Waals surface area contributed by atoms with E-state index in [1.54, 1.807) is 46.2 Å². The molecule has 0 aliphatic carbocycles. The van der Waals surface area contributed by atoms with Gasteiger partial charge in [-0.3, -0.25) is 9.69 Å². The summed E-state index contributed by atoms with van der Waals surface area (Å²) in [5.41, 5.74) is 1.96. The minimum absolute atomic E-state index is 0.148. The minimum Gasteiger partial charge on any atom is -0.396 e. The Labute approximate surface area is 246 Å². The van der Waals surface area contributed by atoms with Crippen molar-refractivity contribution in [3.63, 3.8) is 0 Å². The van der Waals surface area contributed by atoms with E-state index in [2.05, 4.69) is 0 Å². The molecular weight excluding hydrogens is 583 g/mol. The summed E-state index contributed by atoms with van der Waals surface area (Å²) in [5.74, 6) is -3.08. The molecule has 3 heterocycles. The molecule has 1 N–H and O–H groups in total. The number of nitrogens with zero attached hydrogens (tertiary/aromatic N) is 3. The summed E-state index contributed by atoms with van der Waals surface area (Å²) in [4.78, 5) is 29.3. The van der Waals surface area contributed by atoms with Crippen LogP contribution in [0.3, 0.4) is 0 Å². The molecule has 0 radical (unpaired) electrons. The lowest BCUT2D eigenvalue weighted by atomic mass is 9.87. The third-order valence-electron chi connectivity index (χ3n) is 7.91. The number of hydrogen-bond acceptors (Lipinski definition) is 4. The van der Waals surface area contributed by atoms with Crippen LogP contribution in [0.15, 0.2) is 48.5 Å². The monoisotopic (exact) mass is 609 g/mol. The predicted octanol–water partition coefficient (Wildman–Crippen LogP) is 6.15. The van der Waals surface area contributed by atoms with E-state index in [0.29, 0.717) is 37.6 Å². The standard InChI is InChI=1S/C29H28Cl3F2N3O3/c30-19-1-4-21(5-2-19)37-25(7-14-38)23(16-26(37)22-6-3-20(31)15-24(22)32)27(40)35-11-8-28(18-39,9-12-35)36-13-10-29(33,34)17-36/h1-6,15-16,18,38H,7-14,17H2.